The van der Waals surface area contributed by atoms with Crippen LogP contribution in [0.2, 0.25) is 0 Å². The van der Waals surface area contributed by atoms with Crippen molar-refractivity contribution in [3.8, 4) is 11.5 Å². The molecule has 0 aliphatic heterocycles. The van der Waals surface area contributed by atoms with Crippen LogP contribution in [0.15, 0.2) is 18.2 Å². The fraction of sp³-hybridized carbons (Fsp3) is 0.467. The third kappa shape index (κ3) is 9.93. The van der Waals surface area contributed by atoms with Gasteiger partial charge in [0.05, 0.1) is 6.10 Å². The highest BCUT2D eigenvalue weighted by Gasteiger charge is 2.09. The van der Waals surface area contributed by atoms with Gasteiger partial charge < -0.3 is 30.8 Å². The number of aromatic hydroxyl groups is 2. The Kier molecular flexibility index (Phi) is 11.4. The van der Waals surface area contributed by atoms with Gasteiger partial charge in [-0.15, -0.1) is 0 Å². The van der Waals surface area contributed by atoms with Crippen LogP contribution < -0.4 is 5.32 Å². The van der Waals surface area contributed by atoms with Crippen LogP contribution in [0.5, 0.6) is 11.5 Å². The second kappa shape index (κ2) is 12.5. The van der Waals surface area contributed by atoms with Gasteiger partial charge >= 0.3 is 11.9 Å². The van der Waals surface area contributed by atoms with E-state index < -0.39 is 18.0 Å². The van der Waals surface area contributed by atoms with Gasteiger partial charge in [-0.1, -0.05) is 6.07 Å². The van der Waals surface area contributed by atoms with Crippen molar-refractivity contribution in [3.05, 3.63) is 23.8 Å². The molecular weight excluding hydrogens is 338 g/mol. The molecule has 6 N–H and O–H groups in total. The molecule has 0 bridgehead atoms. The maximum atomic E-state index is 9.88. The number of aliphatic carboxylic acids is 2. The SMILES string of the molecule is CSCCCCNCC(O)c1ccc(O)c(O)c1.O=C(O)C(=O)O. The average molecular weight is 361 g/mol. The quantitative estimate of drug-likeness (QED) is 0.227. The van der Waals surface area contributed by atoms with Crippen molar-refractivity contribution < 1.29 is 35.1 Å². The number of thioether (sulfide) groups is 1. The summed E-state index contributed by atoms with van der Waals surface area (Å²) in [4.78, 5) is 18.2. The fourth-order valence-electron chi connectivity index (χ4n) is 1.60. The molecule has 1 aromatic rings. The van der Waals surface area contributed by atoms with Gasteiger partial charge in [-0.05, 0) is 49.1 Å². The Labute approximate surface area is 144 Å². The van der Waals surface area contributed by atoms with Crippen molar-refractivity contribution in [3.63, 3.8) is 0 Å². The molecule has 136 valence electrons. The number of phenolic OH excluding ortho intramolecular Hbond substituents is 2. The van der Waals surface area contributed by atoms with E-state index in [0.717, 1.165) is 18.7 Å². The lowest BCUT2D eigenvalue weighted by Gasteiger charge is -2.12. The molecule has 9 heteroatoms. The number of carboxylic acids is 2. The molecule has 0 amide bonds. The minimum absolute atomic E-state index is 0.170. The number of hydrogen-bond donors (Lipinski definition) is 6. The Morgan fingerprint density at radius 3 is 2.25 bits per heavy atom. The lowest BCUT2D eigenvalue weighted by Crippen LogP contribution is -2.22. The summed E-state index contributed by atoms with van der Waals surface area (Å²) in [6.45, 7) is 1.32. The van der Waals surface area contributed by atoms with Crippen molar-refractivity contribution in [1.29, 1.82) is 0 Å². The third-order valence-corrected chi connectivity index (χ3v) is 3.55. The maximum Gasteiger partial charge on any atom is 0.414 e. The van der Waals surface area contributed by atoms with E-state index in [-0.39, 0.29) is 11.5 Å². The summed E-state index contributed by atoms with van der Waals surface area (Å²) in [5, 5.41) is 46.3. The van der Waals surface area contributed by atoms with Gasteiger partial charge in [-0.25, -0.2) is 9.59 Å². The van der Waals surface area contributed by atoms with Crippen LogP contribution in [0.3, 0.4) is 0 Å². The van der Waals surface area contributed by atoms with Gasteiger partial charge in [0.1, 0.15) is 0 Å². The molecule has 0 aliphatic rings. The summed E-state index contributed by atoms with van der Waals surface area (Å²) in [6, 6.07) is 4.37. The number of unbranched alkanes of at least 4 members (excludes halogenated alkanes) is 1. The largest absolute Gasteiger partial charge is 0.504 e. The summed E-state index contributed by atoms with van der Waals surface area (Å²) >= 11 is 1.84. The molecular formula is C15H23NO7S. The van der Waals surface area contributed by atoms with Crippen LogP contribution in [-0.4, -0.2) is 62.6 Å². The van der Waals surface area contributed by atoms with Crippen LogP contribution in [0.4, 0.5) is 0 Å². The lowest BCUT2D eigenvalue weighted by atomic mass is 10.1. The zero-order chi connectivity index (χ0) is 18.5. The first-order chi connectivity index (χ1) is 11.3. The summed E-state index contributed by atoms with van der Waals surface area (Å²) in [5.41, 5.74) is 0.599. The predicted octanol–water partition coefficient (Wildman–Crippen LogP) is 1.02. The second-order valence-corrected chi connectivity index (χ2v) is 5.76. The molecule has 0 radical (unpaired) electrons. The highest BCUT2D eigenvalue weighted by Crippen LogP contribution is 2.27. The standard InChI is InChI=1S/C13H21NO3S.C2H2O4/c1-18-7-3-2-6-14-9-13(17)10-4-5-11(15)12(16)8-10;3-1(4)2(5)6/h4-5,8,13-17H,2-3,6-7,9H2,1H3;(H,3,4)(H,5,6). The van der Waals surface area contributed by atoms with Gasteiger partial charge in [0, 0.05) is 6.54 Å². The molecule has 0 spiro atoms. The Morgan fingerprint density at radius 2 is 1.75 bits per heavy atom. The van der Waals surface area contributed by atoms with Crippen LogP contribution >= 0.6 is 11.8 Å². The van der Waals surface area contributed by atoms with Gasteiger partial charge in [-0.3, -0.25) is 0 Å². The number of rotatable bonds is 8. The molecule has 1 rings (SSSR count). The lowest BCUT2D eigenvalue weighted by molar-refractivity contribution is -0.159. The molecule has 0 aromatic heterocycles. The van der Waals surface area contributed by atoms with Gasteiger partial charge in [0.15, 0.2) is 11.5 Å². The number of benzene rings is 1. The first-order valence-electron chi connectivity index (χ1n) is 7.15. The maximum absolute atomic E-state index is 9.88. The predicted molar refractivity (Wildman–Crippen MR) is 90.5 cm³/mol. The molecule has 24 heavy (non-hydrogen) atoms. The molecule has 1 atom stereocenters. The Balaban J connectivity index is 0.000000754. The first kappa shape index (κ1) is 22.0. The minimum atomic E-state index is -1.82. The van der Waals surface area contributed by atoms with Crippen LogP contribution in [0, 0.1) is 0 Å². The van der Waals surface area contributed by atoms with E-state index in [9.17, 15) is 15.3 Å². The number of aliphatic hydroxyl groups excluding tert-OH is 1. The fourth-order valence-corrected chi connectivity index (χ4v) is 2.09. The smallest absolute Gasteiger partial charge is 0.414 e. The number of carboxylic acid groups (broad SMARTS) is 2. The zero-order valence-corrected chi connectivity index (χ0v) is 14.1. The molecule has 0 saturated carbocycles. The van der Waals surface area contributed by atoms with Crippen LogP contribution in [-0.2, 0) is 9.59 Å². The first-order valence-corrected chi connectivity index (χ1v) is 8.54. The molecule has 0 fully saturated rings. The number of hydrogen-bond acceptors (Lipinski definition) is 7. The molecule has 1 aromatic carbocycles. The normalized spacial score (nSPS) is 11.2. The molecule has 8 nitrogen and oxygen atoms in total. The van der Waals surface area contributed by atoms with Gasteiger partial charge in [0.2, 0.25) is 0 Å². The second-order valence-electron chi connectivity index (χ2n) is 4.78. The number of nitrogens with one attached hydrogen (secondary N) is 1. The summed E-state index contributed by atoms with van der Waals surface area (Å²) in [6.07, 6.45) is 3.68. The summed E-state index contributed by atoms with van der Waals surface area (Å²) in [7, 11) is 0. The third-order valence-electron chi connectivity index (χ3n) is 2.86. The van der Waals surface area contributed by atoms with E-state index in [1.54, 1.807) is 6.07 Å². The number of aliphatic hydroxyl groups is 1. The van der Waals surface area contributed by atoms with E-state index in [2.05, 4.69) is 11.6 Å². The summed E-state index contributed by atoms with van der Waals surface area (Å²) in [5.74, 6) is -2.86. The van der Waals surface area contributed by atoms with E-state index in [4.69, 9.17) is 19.8 Å². The average Bonchev–Trinajstić information content (AvgIpc) is 2.53. The number of phenols is 2. The van der Waals surface area contributed by atoms with Gasteiger partial charge in [-0.2, -0.15) is 11.8 Å². The van der Waals surface area contributed by atoms with Crippen molar-refractivity contribution in [2.24, 2.45) is 0 Å². The minimum Gasteiger partial charge on any atom is -0.504 e. The van der Waals surface area contributed by atoms with Crippen molar-refractivity contribution >= 4 is 23.7 Å². The van der Waals surface area contributed by atoms with E-state index >= 15 is 0 Å². The Hall–Kier alpha value is -1.97. The van der Waals surface area contributed by atoms with E-state index in [1.807, 2.05) is 11.8 Å². The highest BCUT2D eigenvalue weighted by atomic mass is 32.2. The van der Waals surface area contributed by atoms with Crippen LogP contribution in [0.25, 0.3) is 0 Å². The van der Waals surface area contributed by atoms with Crippen LogP contribution in [0.1, 0.15) is 24.5 Å². The highest BCUT2D eigenvalue weighted by molar-refractivity contribution is 7.98. The Morgan fingerprint density at radius 1 is 1.12 bits per heavy atom. The Bertz CT molecular complexity index is 513. The molecule has 0 heterocycles. The topological polar surface area (TPSA) is 147 Å². The monoisotopic (exact) mass is 361 g/mol. The molecule has 0 saturated heterocycles. The molecule has 1 unspecified atom stereocenters. The van der Waals surface area contributed by atoms with E-state index in [0.29, 0.717) is 12.1 Å². The molecule has 0 aliphatic carbocycles. The van der Waals surface area contributed by atoms with Gasteiger partial charge in [0.25, 0.3) is 0 Å². The van der Waals surface area contributed by atoms with Crippen molar-refractivity contribution in [1.82, 2.24) is 5.32 Å². The van der Waals surface area contributed by atoms with E-state index in [1.165, 1.54) is 18.6 Å². The van der Waals surface area contributed by atoms with Crippen molar-refractivity contribution in [2.75, 3.05) is 25.1 Å². The zero-order valence-electron chi connectivity index (χ0n) is 13.3. The van der Waals surface area contributed by atoms with Crippen molar-refractivity contribution in [2.45, 2.75) is 18.9 Å². The number of carbonyl (C=O) groups is 2. The summed E-state index contributed by atoms with van der Waals surface area (Å²) < 4.78 is 0.